The smallest absolute Gasteiger partial charge is 0.0580 e. The fourth-order valence-corrected chi connectivity index (χ4v) is 2.56. The first-order chi connectivity index (χ1) is 9.76. The summed E-state index contributed by atoms with van der Waals surface area (Å²) in [5.74, 6) is 0. The van der Waals surface area contributed by atoms with Crippen LogP contribution in [0.25, 0.3) is 0 Å². The third-order valence-corrected chi connectivity index (χ3v) is 3.61. The van der Waals surface area contributed by atoms with Gasteiger partial charge in [0.15, 0.2) is 0 Å². The highest BCUT2D eigenvalue weighted by Gasteiger charge is 2.16. The van der Waals surface area contributed by atoms with E-state index in [0.717, 1.165) is 19.4 Å². The number of rotatable bonds is 6. The lowest BCUT2D eigenvalue weighted by atomic mass is 9.94. The topological polar surface area (TPSA) is 24.9 Å². The van der Waals surface area contributed by atoms with Crippen LogP contribution < -0.4 is 5.32 Å². The zero-order chi connectivity index (χ0) is 14.4. The second-order valence-corrected chi connectivity index (χ2v) is 5.23. The maximum Gasteiger partial charge on any atom is 0.0580 e. The lowest BCUT2D eigenvalue weighted by Crippen LogP contribution is -2.24. The van der Waals surface area contributed by atoms with Crippen LogP contribution in [0.3, 0.4) is 0 Å². The van der Waals surface area contributed by atoms with Gasteiger partial charge in [-0.25, -0.2) is 0 Å². The molecule has 1 atom stereocenters. The predicted octanol–water partition coefficient (Wildman–Crippen LogP) is 4.04. The number of pyridine rings is 1. The molecule has 2 nitrogen and oxygen atoms in total. The first kappa shape index (κ1) is 14.7. The summed E-state index contributed by atoms with van der Waals surface area (Å²) >= 11 is 0. The molecule has 1 heterocycles. The van der Waals surface area contributed by atoms with Crippen LogP contribution in [-0.4, -0.2) is 11.5 Å². The molecule has 2 heteroatoms. The molecule has 0 saturated carbocycles. The van der Waals surface area contributed by atoms with Crippen LogP contribution in [0.5, 0.6) is 0 Å². The molecule has 0 aliphatic rings. The summed E-state index contributed by atoms with van der Waals surface area (Å²) in [7, 11) is 0. The minimum atomic E-state index is 0.257. The summed E-state index contributed by atoms with van der Waals surface area (Å²) in [6.07, 6.45) is 6.03. The number of hydrogen-bond donors (Lipinski definition) is 1. The molecule has 1 N–H and O–H groups in total. The zero-order valence-corrected chi connectivity index (χ0v) is 12.7. The van der Waals surface area contributed by atoms with Gasteiger partial charge in [-0.05, 0) is 49.1 Å². The molecule has 0 spiro atoms. The van der Waals surface area contributed by atoms with Crippen LogP contribution >= 0.6 is 0 Å². The molecule has 0 aliphatic carbocycles. The summed E-state index contributed by atoms with van der Waals surface area (Å²) in [5.41, 5.74) is 5.31. The molecule has 106 valence electrons. The fourth-order valence-electron chi connectivity index (χ4n) is 2.56. The highest BCUT2D eigenvalue weighted by molar-refractivity contribution is 5.37. The van der Waals surface area contributed by atoms with Crippen molar-refractivity contribution < 1.29 is 0 Å². The monoisotopic (exact) mass is 268 g/mol. The van der Waals surface area contributed by atoms with Crippen molar-refractivity contribution in [1.29, 1.82) is 0 Å². The number of nitrogens with zero attached hydrogens (tertiary/aromatic N) is 1. The van der Waals surface area contributed by atoms with E-state index in [0.29, 0.717) is 0 Å². The Hall–Kier alpha value is -1.67. The highest BCUT2D eigenvalue weighted by atomic mass is 14.9. The highest BCUT2D eigenvalue weighted by Crippen LogP contribution is 2.25. The van der Waals surface area contributed by atoms with Crippen LogP contribution in [-0.2, 0) is 6.42 Å². The minimum absolute atomic E-state index is 0.257. The Balaban J connectivity index is 2.41. The van der Waals surface area contributed by atoms with Gasteiger partial charge in [-0.15, -0.1) is 0 Å². The number of hydrogen-bond acceptors (Lipinski definition) is 2. The first-order valence-electron chi connectivity index (χ1n) is 7.49. The van der Waals surface area contributed by atoms with Crippen molar-refractivity contribution in [3.8, 4) is 0 Å². The Morgan fingerprint density at radius 3 is 2.75 bits per heavy atom. The van der Waals surface area contributed by atoms with E-state index in [1.165, 1.54) is 22.3 Å². The van der Waals surface area contributed by atoms with Crippen molar-refractivity contribution in [3.63, 3.8) is 0 Å². The van der Waals surface area contributed by atoms with Crippen molar-refractivity contribution in [3.05, 3.63) is 65.0 Å². The molecule has 0 bridgehead atoms. The van der Waals surface area contributed by atoms with Crippen molar-refractivity contribution in [2.24, 2.45) is 0 Å². The average Bonchev–Trinajstić information content (AvgIpc) is 2.48. The van der Waals surface area contributed by atoms with Gasteiger partial charge in [0.1, 0.15) is 0 Å². The van der Waals surface area contributed by atoms with Gasteiger partial charge in [-0.2, -0.15) is 0 Å². The molecule has 20 heavy (non-hydrogen) atoms. The molecular weight excluding hydrogens is 244 g/mol. The van der Waals surface area contributed by atoms with Gasteiger partial charge in [-0.1, -0.05) is 43.7 Å². The fraction of sp³-hybridized carbons (Fsp3) is 0.389. The summed E-state index contributed by atoms with van der Waals surface area (Å²) in [5, 5.41) is 3.68. The third-order valence-electron chi connectivity index (χ3n) is 3.61. The van der Waals surface area contributed by atoms with Gasteiger partial charge in [-0.3, -0.25) is 4.98 Å². The average molecular weight is 268 g/mol. The van der Waals surface area contributed by atoms with E-state index in [-0.39, 0.29) is 6.04 Å². The van der Waals surface area contributed by atoms with Crippen molar-refractivity contribution >= 4 is 0 Å². The van der Waals surface area contributed by atoms with Gasteiger partial charge in [0.25, 0.3) is 0 Å². The summed E-state index contributed by atoms with van der Waals surface area (Å²) < 4.78 is 0. The maximum atomic E-state index is 4.26. The second-order valence-electron chi connectivity index (χ2n) is 5.23. The van der Waals surface area contributed by atoms with Crippen molar-refractivity contribution in [2.45, 2.75) is 39.7 Å². The first-order valence-corrected chi connectivity index (χ1v) is 7.49. The number of aromatic nitrogens is 1. The molecule has 2 rings (SSSR count). The Morgan fingerprint density at radius 1 is 1.20 bits per heavy atom. The van der Waals surface area contributed by atoms with Crippen molar-refractivity contribution in [1.82, 2.24) is 10.3 Å². The van der Waals surface area contributed by atoms with Crippen LogP contribution in [0.1, 0.15) is 48.6 Å². The van der Waals surface area contributed by atoms with E-state index >= 15 is 0 Å². The summed E-state index contributed by atoms with van der Waals surface area (Å²) in [6, 6.07) is 11.2. The Morgan fingerprint density at radius 2 is 2.05 bits per heavy atom. The Kier molecular flexibility index (Phi) is 5.31. The van der Waals surface area contributed by atoms with Gasteiger partial charge in [0, 0.05) is 12.4 Å². The molecular formula is C18H24N2. The standard InChI is InChI=1S/C18H24N2/c1-4-10-20-18(16-8-6-7-14(3)12-16)17-9-11-19-13-15(17)5-2/h6-9,11-13,18,20H,4-5,10H2,1-3H3. The van der Waals surface area contributed by atoms with Gasteiger partial charge in [0.05, 0.1) is 6.04 Å². The van der Waals surface area contributed by atoms with Crippen molar-refractivity contribution in [2.75, 3.05) is 6.54 Å². The zero-order valence-electron chi connectivity index (χ0n) is 12.7. The van der Waals surface area contributed by atoms with E-state index in [1.54, 1.807) is 0 Å². The van der Waals surface area contributed by atoms with E-state index in [4.69, 9.17) is 0 Å². The number of aryl methyl sites for hydroxylation is 2. The van der Waals surface area contributed by atoms with Crippen LogP contribution in [0.4, 0.5) is 0 Å². The van der Waals surface area contributed by atoms with E-state index < -0.39 is 0 Å². The minimum Gasteiger partial charge on any atom is -0.306 e. The van der Waals surface area contributed by atoms with Crippen LogP contribution in [0.15, 0.2) is 42.7 Å². The van der Waals surface area contributed by atoms with Gasteiger partial charge in [0.2, 0.25) is 0 Å². The lowest BCUT2D eigenvalue weighted by Gasteiger charge is -2.22. The van der Waals surface area contributed by atoms with Crippen LogP contribution in [0.2, 0.25) is 0 Å². The molecule has 1 aromatic heterocycles. The molecule has 0 radical (unpaired) electrons. The molecule has 0 aliphatic heterocycles. The Labute approximate surface area is 122 Å². The van der Waals surface area contributed by atoms with E-state index in [1.807, 2.05) is 12.4 Å². The normalized spacial score (nSPS) is 12.3. The summed E-state index contributed by atoms with van der Waals surface area (Å²) in [6.45, 7) is 7.55. The molecule has 1 unspecified atom stereocenters. The largest absolute Gasteiger partial charge is 0.306 e. The van der Waals surface area contributed by atoms with Crippen LogP contribution in [0, 0.1) is 6.92 Å². The number of benzene rings is 1. The lowest BCUT2D eigenvalue weighted by molar-refractivity contribution is 0.593. The second kappa shape index (κ2) is 7.20. The molecule has 1 aromatic carbocycles. The molecule has 0 fully saturated rings. The predicted molar refractivity (Wildman–Crippen MR) is 84.9 cm³/mol. The summed E-state index contributed by atoms with van der Waals surface area (Å²) in [4.78, 5) is 4.26. The molecule has 0 saturated heterocycles. The van der Waals surface area contributed by atoms with Gasteiger partial charge >= 0.3 is 0 Å². The third kappa shape index (κ3) is 3.45. The maximum absolute atomic E-state index is 4.26. The molecule has 2 aromatic rings. The number of nitrogens with one attached hydrogen (secondary N) is 1. The SMILES string of the molecule is CCCNC(c1cccc(C)c1)c1ccncc1CC. The Bertz CT molecular complexity index is 549. The van der Waals surface area contributed by atoms with Gasteiger partial charge < -0.3 is 5.32 Å². The molecule has 0 amide bonds. The van der Waals surface area contributed by atoms with E-state index in [2.05, 4.69) is 61.4 Å². The van der Waals surface area contributed by atoms with E-state index in [9.17, 15) is 0 Å². The quantitative estimate of drug-likeness (QED) is 0.855.